The van der Waals surface area contributed by atoms with Crippen molar-refractivity contribution in [2.24, 2.45) is 0 Å². The molecule has 0 aliphatic carbocycles. The van der Waals surface area contributed by atoms with Crippen LogP contribution in [0.3, 0.4) is 0 Å². The molecule has 3 aliphatic heterocycles. The highest BCUT2D eigenvalue weighted by molar-refractivity contribution is 4.94. The van der Waals surface area contributed by atoms with Crippen molar-refractivity contribution in [1.29, 1.82) is 0 Å². The van der Waals surface area contributed by atoms with Crippen LogP contribution in [0.4, 0.5) is 0 Å². The predicted octanol–water partition coefficient (Wildman–Crippen LogP) is -0.739. The van der Waals surface area contributed by atoms with Crippen molar-refractivity contribution in [3.8, 4) is 0 Å². The van der Waals surface area contributed by atoms with Crippen LogP contribution in [-0.2, 0) is 4.74 Å². The van der Waals surface area contributed by atoms with E-state index in [9.17, 15) is 0 Å². The number of morpholine rings is 1. The fraction of sp³-hybridized carbons (Fsp3) is 1.00. The van der Waals surface area contributed by atoms with Gasteiger partial charge in [-0.25, -0.2) is 0 Å². The average Bonchev–Trinajstić information content (AvgIpc) is 2.95. The molecule has 0 aromatic rings. The Morgan fingerprint density at radius 3 is 2.24 bits per heavy atom. The van der Waals surface area contributed by atoms with Gasteiger partial charge in [-0.2, -0.15) is 0 Å². The average molecular weight is 240 g/mol. The minimum Gasteiger partial charge on any atom is -0.375 e. The molecular weight excluding hydrogens is 216 g/mol. The first kappa shape index (κ1) is 11.9. The van der Waals surface area contributed by atoms with E-state index >= 15 is 0 Å². The zero-order valence-electron chi connectivity index (χ0n) is 10.6. The van der Waals surface area contributed by atoms with Gasteiger partial charge < -0.3 is 10.1 Å². The van der Waals surface area contributed by atoms with Crippen LogP contribution in [0.5, 0.6) is 0 Å². The third-order valence-corrected chi connectivity index (χ3v) is 4.23. The standard InChI is InChI=1S/C12H24N4O/c1-2-7-15(6-1)12(11-17-10-5-14-12)16-8-3-13-4-9-16/h13-14H,1-11H2. The lowest BCUT2D eigenvalue weighted by Gasteiger charge is -2.52. The summed E-state index contributed by atoms with van der Waals surface area (Å²) in [5.74, 6) is -0.0170. The molecule has 98 valence electrons. The van der Waals surface area contributed by atoms with Gasteiger partial charge in [-0.3, -0.25) is 15.1 Å². The summed E-state index contributed by atoms with van der Waals surface area (Å²) in [7, 11) is 0. The second kappa shape index (κ2) is 5.20. The molecule has 3 heterocycles. The molecule has 0 aromatic carbocycles. The van der Waals surface area contributed by atoms with Gasteiger partial charge in [0.15, 0.2) is 5.79 Å². The maximum absolute atomic E-state index is 5.78. The number of rotatable bonds is 2. The number of piperazine rings is 1. The lowest BCUT2D eigenvalue weighted by Crippen LogP contribution is -2.75. The van der Waals surface area contributed by atoms with Crippen molar-refractivity contribution in [3.63, 3.8) is 0 Å². The highest BCUT2D eigenvalue weighted by atomic mass is 16.5. The van der Waals surface area contributed by atoms with E-state index in [1.807, 2.05) is 0 Å². The monoisotopic (exact) mass is 240 g/mol. The number of likely N-dealkylation sites (tertiary alicyclic amines) is 1. The number of ether oxygens (including phenoxy) is 1. The topological polar surface area (TPSA) is 39.8 Å². The Hall–Kier alpha value is -0.200. The molecule has 0 radical (unpaired) electrons. The van der Waals surface area contributed by atoms with Crippen molar-refractivity contribution in [2.45, 2.75) is 18.6 Å². The first-order valence-electron chi connectivity index (χ1n) is 6.95. The molecule has 3 aliphatic rings. The van der Waals surface area contributed by atoms with E-state index in [1.165, 1.54) is 25.9 Å². The molecule has 0 spiro atoms. The molecule has 17 heavy (non-hydrogen) atoms. The number of hydrogen-bond donors (Lipinski definition) is 2. The minimum atomic E-state index is -0.0170. The van der Waals surface area contributed by atoms with Crippen LogP contribution < -0.4 is 10.6 Å². The second-order valence-electron chi connectivity index (χ2n) is 5.23. The van der Waals surface area contributed by atoms with Crippen LogP contribution in [-0.4, -0.2) is 74.6 Å². The Balaban J connectivity index is 1.78. The van der Waals surface area contributed by atoms with E-state index in [1.54, 1.807) is 0 Å². The Bertz CT molecular complexity index is 243. The van der Waals surface area contributed by atoms with Crippen molar-refractivity contribution in [1.82, 2.24) is 20.4 Å². The largest absolute Gasteiger partial charge is 0.375 e. The first-order valence-corrected chi connectivity index (χ1v) is 6.95. The Labute approximate surface area is 103 Å². The van der Waals surface area contributed by atoms with Gasteiger partial charge in [0.25, 0.3) is 0 Å². The van der Waals surface area contributed by atoms with Crippen LogP contribution in [0.2, 0.25) is 0 Å². The summed E-state index contributed by atoms with van der Waals surface area (Å²) < 4.78 is 5.78. The van der Waals surface area contributed by atoms with Crippen LogP contribution >= 0.6 is 0 Å². The van der Waals surface area contributed by atoms with Gasteiger partial charge in [-0.1, -0.05) is 0 Å². The fourth-order valence-corrected chi connectivity index (χ4v) is 3.32. The predicted molar refractivity (Wildman–Crippen MR) is 66.8 cm³/mol. The molecule has 5 nitrogen and oxygen atoms in total. The second-order valence-corrected chi connectivity index (χ2v) is 5.23. The van der Waals surface area contributed by atoms with E-state index < -0.39 is 0 Å². The molecule has 5 heteroatoms. The van der Waals surface area contributed by atoms with E-state index in [4.69, 9.17) is 4.74 Å². The zero-order valence-corrected chi connectivity index (χ0v) is 10.6. The van der Waals surface area contributed by atoms with E-state index in [0.717, 1.165) is 45.9 Å². The molecule has 0 bridgehead atoms. The maximum atomic E-state index is 5.78. The fourth-order valence-electron chi connectivity index (χ4n) is 3.32. The molecule has 3 rings (SSSR count). The van der Waals surface area contributed by atoms with Gasteiger partial charge in [0.05, 0.1) is 13.2 Å². The van der Waals surface area contributed by atoms with Gasteiger partial charge in [-0.05, 0) is 12.8 Å². The summed E-state index contributed by atoms with van der Waals surface area (Å²) in [6.45, 7) is 9.48. The summed E-state index contributed by atoms with van der Waals surface area (Å²) in [4.78, 5) is 5.17. The molecule has 0 amide bonds. The molecule has 1 atom stereocenters. The Morgan fingerprint density at radius 1 is 0.882 bits per heavy atom. The van der Waals surface area contributed by atoms with Crippen LogP contribution in [0.25, 0.3) is 0 Å². The molecule has 1 unspecified atom stereocenters. The van der Waals surface area contributed by atoms with Gasteiger partial charge >= 0.3 is 0 Å². The molecule has 3 fully saturated rings. The summed E-state index contributed by atoms with van der Waals surface area (Å²) in [6, 6.07) is 0. The summed E-state index contributed by atoms with van der Waals surface area (Å²) >= 11 is 0. The summed E-state index contributed by atoms with van der Waals surface area (Å²) in [5.41, 5.74) is 0. The van der Waals surface area contributed by atoms with Gasteiger partial charge in [-0.15, -0.1) is 0 Å². The normalized spacial score (nSPS) is 37.4. The highest BCUT2D eigenvalue weighted by Crippen LogP contribution is 2.25. The molecular formula is C12H24N4O. The van der Waals surface area contributed by atoms with Crippen LogP contribution in [0.1, 0.15) is 12.8 Å². The van der Waals surface area contributed by atoms with Crippen LogP contribution in [0.15, 0.2) is 0 Å². The maximum Gasteiger partial charge on any atom is 0.153 e. The lowest BCUT2D eigenvalue weighted by atomic mass is 10.2. The molecule has 3 saturated heterocycles. The van der Waals surface area contributed by atoms with Crippen molar-refractivity contribution < 1.29 is 4.74 Å². The molecule has 0 aromatic heterocycles. The van der Waals surface area contributed by atoms with Gasteiger partial charge in [0, 0.05) is 45.8 Å². The Kier molecular flexibility index (Phi) is 3.63. The summed E-state index contributed by atoms with van der Waals surface area (Å²) in [6.07, 6.45) is 2.66. The third-order valence-electron chi connectivity index (χ3n) is 4.23. The van der Waals surface area contributed by atoms with E-state index in [0.29, 0.717) is 0 Å². The van der Waals surface area contributed by atoms with Crippen molar-refractivity contribution in [3.05, 3.63) is 0 Å². The van der Waals surface area contributed by atoms with Gasteiger partial charge in [0.2, 0.25) is 0 Å². The smallest absolute Gasteiger partial charge is 0.153 e. The number of nitrogens with zero attached hydrogens (tertiary/aromatic N) is 2. The van der Waals surface area contributed by atoms with Gasteiger partial charge in [0.1, 0.15) is 0 Å². The van der Waals surface area contributed by atoms with Crippen LogP contribution in [0, 0.1) is 0 Å². The zero-order chi connectivity index (χ0) is 11.6. The number of nitrogens with one attached hydrogen (secondary N) is 2. The van der Waals surface area contributed by atoms with E-state index in [-0.39, 0.29) is 5.79 Å². The van der Waals surface area contributed by atoms with E-state index in [2.05, 4.69) is 20.4 Å². The quantitative estimate of drug-likeness (QED) is 0.665. The summed E-state index contributed by atoms with van der Waals surface area (Å²) in [5, 5.41) is 7.18. The molecule has 2 N–H and O–H groups in total. The first-order chi connectivity index (χ1) is 8.42. The Morgan fingerprint density at radius 2 is 1.59 bits per heavy atom. The SMILES string of the molecule is C1CCN(C2(N3CCNCC3)COCCN2)C1. The molecule has 0 saturated carbocycles. The third kappa shape index (κ3) is 2.22. The highest BCUT2D eigenvalue weighted by Gasteiger charge is 2.45. The number of hydrogen-bond acceptors (Lipinski definition) is 5. The van der Waals surface area contributed by atoms with Crippen molar-refractivity contribution in [2.75, 3.05) is 59.0 Å². The van der Waals surface area contributed by atoms with Crippen molar-refractivity contribution >= 4 is 0 Å². The lowest BCUT2D eigenvalue weighted by molar-refractivity contribution is -0.150. The minimum absolute atomic E-state index is 0.0170.